The summed E-state index contributed by atoms with van der Waals surface area (Å²) in [6.07, 6.45) is 3.32. The van der Waals surface area contributed by atoms with Crippen molar-refractivity contribution < 1.29 is 0 Å². The fourth-order valence-corrected chi connectivity index (χ4v) is 1.84. The van der Waals surface area contributed by atoms with Gasteiger partial charge >= 0.3 is 0 Å². The summed E-state index contributed by atoms with van der Waals surface area (Å²) in [4.78, 5) is 0. The van der Waals surface area contributed by atoms with Crippen LogP contribution >= 0.6 is 27.5 Å². The highest BCUT2D eigenvalue weighted by molar-refractivity contribution is 9.10. The molecule has 0 amide bonds. The molecular weight excluding hydrogens is 286 g/mol. The van der Waals surface area contributed by atoms with E-state index in [1.54, 1.807) is 0 Å². The molecule has 0 unspecified atom stereocenters. The number of benzene rings is 1. The van der Waals surface area contributed by atoms with E-state index in [-0.39, 0.29) is 0 Å². The zero-order valence-corrected chi connectivity index (χ0v) is 12.0. The van der Waals surface area contributed by atoms with Gasteiger partial charge in [-0.05, 0) is 53.5 Å². The highest BCUT2D eigenvalue weighted by Gasteiger charge is 1.97. The third-order valence-corrected chi connectivity index (χ3v) is 3.42. The van der Waals surface area contributed by atoms with Gasteiger partial charge in [-0.3, -0.25) is 0 Å². The molecule has 1 aromatic rings. The zero-order valence-electron chi connectivity index (χ0n) is 9.69. The molecule has 0 saturated carbocycles. The van der Waals surface area contributed by atoms with Crippen LogP contribution in [0.3, 0.4) is 0 Å². The van der Waals surface area contributed by atoms with Crippen molar-refractivity contribution in [2.75, 3.05) is 13.1 Å². The van der Waals surface area contributed by atoms with Gasteiger partial charge in [-0.2, -0.15) is 0 Å². The van der Waals surface area contributed by atoms with E-state index >= 15 is 0 Å². The third-order valence-electron chi connectivity index (χ3n) is 2.19. The average Bonchev–Trinajstić information content (AvgIpc) is 2.24. The van der Waals surface area contributed by atoms with Gasteiger partial charge in [0.1, 0.15) is 0 Å². The fourth-order valence-electron chi connectivity index (χ4n) is 1.40. The Bertz CT molecular complexity index is 374. The van der Waals surface area contributed by atoms with E-state index < -0.39 is 0 Å². The number of rotatable bonds is 5. The summed E-state index contributed by atoms with van der Waals surface area (Å²) in [5.41, 5.74) is 2.45. The molecule has 0 bridgehead atoms. The van der Waals surface area contributed by atoms with E-state index in [1.807, 2.05) is 12.1 Å². The van der Waals surface area contributed by atoms with Crippen molar-refractivity contribution in [3.05, 3.63) is 38.8 Å². The van der Waals surface area contributed by atoms with Crippen LogP contribution in [0.1, 0.15) is 25.8 Å². The topological polar surface area (TPSA) is 12.0 Å². The van der Waals surface area contributed by atoms with Gasteiger partial charge in [-0.1, -0.05) is 36.2 Å². The minimum Gasteiger partial charge on any atom is -0.313 e. The molecule has 0 aliphatic carbocycles. The Balaban J connectivity index is 2.63. The molecule has 0 aliphatic heterocycles. The summed E-state index contributed by atoms with van der Waals surface area (Å²) in [6.45, 7) is 6.28. The lowest BCUT2D eigenvalue weighted by Gasteiger charge is -2.04. The van der Waals surface area contributed by atoms with E-state index in [2.05, 4.69) is 47.2 Å². The molecule has 0 heterocycles. The van der Waals surface area contributed by atoms with Gasteiger partial charge in [0.25, 0.3) is 0 Å². The first-order valence-corrected chi connectivity index (χ1v) is 6.63. The van der Waals surface area contributed by atoms with Crippen LogP contribution in [0.4, 0.5) is 0 Å². The number of hydrogen-bond acceptors (Lipinski definition) is 1. The van der Waals surface area contributed by atoms with Gasteiger partial charge in [0.15, 0.2) is 0 Å². The third kappa shape index (κ3) is 4.69. The maximum Gasteiger partial charge on any atom is 0.0554 e. The van der Waals surface area contributed by atoms with Crippen molar-refractivity contribution in [2.45, 2.75) is 20.3 Å². The van der Waals surface area contributed by atoms with Crippen molar-refractivity contribution in [2.24, 2.45) is 0 Å². The molecule has 0 aliphatic rings. The van der Waals surface area contributed by atoms with Crippen molar-refractivity contribution in [3.8, 4) is 0 Å². The summed E-state index contributed by atoms with van der Waals surface area (Å²) >= 11 is 9.41. The zero-order chi connectivity index (χ0) is 12.0. The summed E-state index contributed by atoms with van der Waals surface area (Å²) in [5, 5.41) is 4.12. The predicted molar refractivity (Wildman–Crippen MR) is 76.0 cm³/mol. The van der Waals surface area contributed by atoms with Gasteiger partial charge in [0.05, 0.1) is 5.02 Å². The molecule has 0 spiro atoms. The highest BCUT2D eigenvalue weighted by Crippen LogP contribution is 2.24. The Kier molecular flexibility index (Phi) is 6.10. The van der Waals surface area contributed by atoms with Gasteiger partial charge < -0.3 is 5.32 Å². The van der Waals surface area contributed by atoms with Crippen molar-refractivity contribution >= 4 is 33.6 Å². The second-order valence-corrected chi connectivity index (χ2v) is 5.10. The molecule has 0 aromatic heterocycles. The Morgan fingerprint density at radius 2 is 2.25 bits per heavy atom. The lowest BCUT2D eigenvalue weighted by atomic mass is 10.1. The molecule has 0 saturated heterocycles. The largest absolute Gasteiger partial charge is 0.313 e. The Labute approximate surface area is 111 Å². The Hall–Kier alpha value is -0.310. The maximum absolute atomic E-state index is 6.03. The normalized spacial score (nSPS) is 11.9. The molecule has 0 atom stereocenters. The van der Waals surface area contributed by atoms with Crippen molar-refractivity contribution in [1.82, 2.24) is 5.32 Å². The minimum absolute atomic E-state index is 0.753. The summed E-state index contributed by atoms with van der Waals surface area (Å²) in [6, 6.07) is 6.00. The van der Waals surface area contributed by atoms with Crippen molar-refractivity contribution in [1.29, 1.82) is 0 Å². The molecule has 0 radical (unpaired) electrons. The first kappa shape index (κ1) is 13.8. The first-order chi connectivity index (χ1) is 7.63. The van der Waals surface area contributed by atoms with Gasteiger partial charge in [0.2, 0.25) is 0 Å². The second-order valence-electron chi connectivity index (χ2n) is 3.84. The Morgan fingerprint density at radius 1 is 1.50 bits per heavy atom. The lowest BCUT2D eigenvalue weighted by molar-refractivity contribution is 0.715. The van der Waals surface area contributed by atoms with E-state index in [1.165, 1.54) is 5.57 Å². The molecule has 1 rings (SSSR count). The van der Waals surface area contributed by atoms with Crippen LogP contribution in [0.2, 0.25) is 5.02 Å². The van der Waals surface area contributed by atoms with Gasteiger partial charge in [-0.15, -0.1) is 0 Å². The standard InChI is InChI=1S/C13H17BrClN/c1-3-6-16-9-10(2)7-11-4-5-12(14)13(15)8-11/h4-5,7-8,16H,3,6,9H2,1-2H3/b10-7+. The molecule has 0 fully saturated rings. The highest BCUT2D eigenvalue weighted by atomic mass is 79.9. The van der Waals surface area contributed by atoms with Crippen LogP contribution in [0.15, 0.2) is 28.2 Å². The summed E-state index contributed by atoms with van der Waals surface area (Å²) < 4.78 is 0.938. The summed E-state index contributed by atoms with van der Waals surface area (Å²) in [5.74, 6) is 0. The monoisotopic (exact) mass is 301 g/mol. The first-order valence-electron chi connectivity index (χ1n) is 5.46. The molecule has 3 heteroatoms. The number of nitrogens with one attached hydrogen (secondary N) is 1. The average molecular weight is 303 g/mol. The molecule has 16 heavy (non-hydrogen) atoms. The maximum atomic E-state index is 6.03. The fraction of sp³-hybridized carbons (Fsp3) is 0.385. The van der Waals surface area contributed by atoms with E-state index in [9.17, 15) is 0 Å². The van der Waals surface area contributed by atoms with E-state index in [0.717, 1.165) is 34.6 Å². The van der Waals surface area contributed by atoms with Crippen LogP contribution < -0.4 is 5.32 Å². The molecule has 1 N–H and O–H groups in total. The van der Waals surface area contributed by atoms with Crippen LogP contribution in [-0.2, 0) is 0 Å². The van der Waals surface area contributed by atoms with Crippen LogP contribution in [0.25, 0.3) is 6.08 Å². The lowest BCUT2D eigenvalue weighted by Crippen LogP contribution is -2.16. The smallest absolute Gasteiger partial charge is 0.0554 e. The quantitative estimate of drug-likeness (QED) is 0.789. The van der Waals surface area contributed by atoms with Crippen LogP contribution in [0, 0.1) is 0 Å². The molecule has 1 nitrogen and oxygen atoms in total. The Morgan fingerprint density at radius 3 is 2.88 bits per heavy atom. The van der Waals surface area contributed by atoms with Crippen LogP contribution in [-0.4, -0.2) is 13.1 Å². The summed E-state index contributed by atoms with van der Waals surface area (Å²) in [7, 11) is 0. The van der Waals surface area contributed by atoms with Crippen LogP contribution in [0.5, 0.6) is 0 Å². The molecule has 1 aromatic carbocycles. The molecular formula is C13H17BrClN. The van der Waals surface area contributed by atoms with Gasteiger partial charge in [0, 0.05) is 11.0 Å². The second kappa shape index (κ2) is 7.10. The minimum atomic E-state index is 0.753. The van der Waals surface area contributed by atoms with Gasteiger partial charge in [-0.25, -0.2) is 0 Å². The molecule has 88 valence electrons. The van der Waals surface area contributed by atoms with Crippen molar-refractivity contribution in [3.63, 3.8) is 0 Å². The number of halogens is 2. The number of hydrogen-bond donors (Lipinski definition) is 1. The van der Waals surface area contributed by atoms with E-state index in [4.69, 9.17) is 11.6 Å². The van der Waals surface area contributed by atoms with E-state index in [0.29, 0.717) is 0 Å². The predicted octanol–water partition coefficient (Wildman–Crippen LogP) is 4.51. The SMILES string of the molecule is CCCNC/C(C)=C/c1ccc(Br)c(Cl)c1.